The van der Waals surface area contributed by atoms with Crippen LogP contribution in [-0.4, -0.2) is 18.6 Å². The predicted octanol–water partition coefficient (Wildman–Crippen LogP) is 4.12. The van der Waals surface area contributed by atoms with Crippen molar-refractivity contribution in [3.05, 3.63) is 51.6 Å². The molecule has 0 saturated heterocycles. The van der Waals surface area contributed by atoms with E-state index < -0.39 is 0 Å². The van der Waals surface area contributed by atoms with E-state index in [-0.39, 0.29) is 0 Å². The third-order valence-corrected chi connectivity index (χ3v) is 3.79. The summed E-state index contributed by atoms with van der Waals surface area (Å²) in [6.45, 7) is 5.06. The fraction of sp³-hybridized carbons (Fsp3) is 0.312. The van der Waals surface area contributed by atoms with Crippen molar-refractivity contribution in [3.63, 3.8) is 0 Å². The molecule has 0 aliphatic heterocycles. The minimum atomic E-state index is 0.827. The maximum Gasteiger partial charge on any atom is 0.125 e. The fourth-order valence-corrected chi connectivity index (χ4v) is 2.28. The van der Waals surface area contributed by atoms with Gasteiger partial charge in [-0.3, -0.25) is 0 Å². The number of rotatable bonds is 5. The molecule has 4 heteroatoms. The maximum absolute atomic E-state index is 5.45. The number of ether oxygens (including phenoxy) is 1. The summed E-state index contributed by atoms with van der Waals surface area (Å²) >= 11 is 3.38. The highest BCUT2D eigenvalue weighted by Crippen LogP contribution is 2.23. The lowest BCUT2D eigenvalue weighted by molar-refractivity contribution is 0.409. The zero-order valence-electron chi connectivity index (χ0n) is 12.0. The Labute approximate surface area is 128 Å². The third kappa shape index (κ3) is 3.73. The number of hydrogen-bond donors (Lipinski definition) is 1. The molecule has 0 aliphatic carbocycles. The maximum atomic E-state index is 5.45. The fourth-order valence-electron chi connectivity index (χ4n) is 2.04. The monoisotopic (exact) mass is 334 g/mol. The quantitative estimate of drug-likeness (QED) is 0.892. The number of pyridine rings is 1. The van der Waals surface area contributed by atoms with Crippen molar-refractivity contribution in [1.29, 1.82) is 0 Å². The summed E-state index contributed by atoms with van der Waals surface area (Å²) < 4.78 is 6.44. The number of hydrogen-bond acceptors (Lipinski definition) is 3. The van der Waals surface area contributed by atoms with E-state index in [1.165, 1.54) is 16.7 Å². The van der Waals surface area contributed by atoms with Gasteiger partial charge in [0.05, 0.1) is 7.11 Å². The highest BCUT2D eigenvalue weighted by atomic mass is 79.9. The second-order valence-electron chi connectivity index (χ2n) is 4.79. The summed E-state index contributed by atoms with van der Waals surface area (Å²) in [6.07, 6.45) is 2.70. The van der Waals surface area contributed by atoms with Crippen molar-refractivity contribution in [3.8, 4) is 5.75 Å². The van der Waals surface area contributed by atoms with Gasteiger partial charge in [-0.25, -0.2) is 4.98 Å². The summed E-state index contributed by atoms with van der Waals surface area (Å²) in [7, 11) is 1.72. The van der Waals surface area contributed by atoms with Crippen LogP contribution in [0.1, 0.15) is 16.7 Å². The van der Waals surface area contributed by atoms with Crippen molar-refractivity contribution in [2.45, 2.75) is 20.3 Å². The molecule has 2 aromatic rings. The molecule has 0 saturated carbocycles. The van der Waals surface area contributed by atoms with Crippen LogP contribution in [0.4, 0.5) is 5.82 Å². The van der Waals surface area contributed by atoms with E-state index in [1.54, 1.807) is 13.3 Å². The molecule has 0 spiro atoms. The Morgan fingerprint density at radius 2 is 1.95 bits per heavy atom. The Bertz CT molecular complexity index is 582. The normalized spacial score (nSPS) is 10.4. The zero-order chi connectivity index (χ0) is 14.5. The second-order valence-corrected chi connectivity index (χ2v) is 5.70. The van der Waals surface area contributed by atoms with Crippen LogP contribution in [0, 0.1) is 13.8 Å². The van der Waals surface area contributed by atoms with Gasteiger partial charge in [0.2, 0.25) is 0 Å². The van der Waals surface area contributed by atoms with Gasteiger partial charge >= 0.3 is 0 Å². The molecule has 0 bridgehead atoms. The van der Waals surface area contributed by atoms with Gasteiger partial charge in [0, 0.05) is 17.2 Å². The standard InChI is InChI=1S/C16H19BrN2O/c1-11-8-13(15(20-3)9-12(11)2)6-7-18-16-5-4-14(17)10-19-16/h4-5,8-10H,6-7H2,1-3H3,(H,18,19). The van der Waals surface area contributed by atoms with Gasteiger partial charge in [-0.1, -0.05) is 6.07 Å². The molecule has 0 unspecified atom stereocenters. The van der Waals surface area contributed by atoms with Gasteiger partial charge in [-0.15, -0.1) is 0 Å². The van der Waals surface area contributed by atoms with E-state index in [2.05, 4.69) is 52.2 Å². The molecule has 0 fully saturated rings. The van der Waals surface area contributed by atoms with Crippen LogP contribution in [0.25, 0.3) is 0 Å². The Balaban J connectivity index is 2.00. The lowest BCUT2D eigenvalue weighted by Crippen LogP contribution is -2.07. The van der Waals surface area contributed by atoms with Crippen molar-refractivity contribution in [2.24, 2.45) is 0 Å². The average Bonchev–Trinajstić information content (AvgIpc) is 2.44. The number of methoxy groups -OCH3 is 1. The molecular formula is C16H19BrN2O. The average molecular weight is 335 g/mol. The molecule has 0 aliphatic rings. The van der Waals surface area contributed by atoms with E-state index in [0.717, 1.165) is 29.0 Å². The van der Waals surface area contributed by atoms with Crippen LogP contribution in [0.3, 0.4) is 0 Å². The topological polar surface area (TPSA) is 34.1 Å². The SMILES string of the molecule is COc1cc(C)c(C)cc1CCNc1ccc(Br)cn1. The van der Waals surface area contributed by atoms with Gasteiger partial charge in [-0.2, -0.15) is 0 Å². The van der Waals surface area contributed by atoms with E-state index in [0.29, 0.717) is 0 Å². The minimum Gasteiger partial charge on any atom is -0.496 e. The van der Waals surface area contributed by atoms with E-state index in [9.17, 15) is 0 Å². The molecule has 0 amide bonds. The van der Waals surface area contributed by atoms with Gasteiger partial charge in [0.15, 0.2) is 0 Å². The Morgan fingerprint density at radius 3 is 2.60 bits per heavy atom. The van der Waals surface area contributed by atoms with Gasteiger partial charge in [0.25, 0.3) is 0 Å². The van der Waals surface area contributed by atoms with Crippen molar-refractivity contribution in [2.75, 3.05) is 19.0 Å². The molecule has 106 valence electrons. The van der Waals surface area contributed by atoms with Crippen LogP contribution in [0.15, 0.2) is 34.9 Å². The smallest absolute Gasteiger partial charge is 0.125 e. The van der Waals surface area contributed by atoms with Crippen LogP contribution in [0.2, 0.25) is 0 Å². The lowest BCUT2D eigenvalue weighted by Gasteiger charge is -2.12. The lowest BCUT2D eigenvalue weighted by atomic mass is 10.0. The number of nitrogens with zero attached hydrogens (tertiary/aromatic N) is 1. The van der Waals surface area contributed by atoms with E-state index in [4.69, 9.17) is 4.74 Å². The van der Waals surface area contributed by atoms with Gasteiger partial charge < -0.3 is 10.1 Å². The number of halogens is 1. The Kier molecular flexibility index (Phi) is 5.01. The number of anilines is 1. The summed E-state index contributed by atoms with van der Waals surface area (Å²) in [4.78, 5) is 4.29. The molecule has 1 aromatic carbocycles. The molecule has 1 heterocycles. The van der Waals surface area contributed by atoms with Gasteiger partial charge in [0.1, 0.15) is 11.6 Å². The number of aryl methyl sites for hydroxylation is 2. The second kappa shape index (κ2) is 6.75. The van der Waals surface area contributed by atoms with Crippen molar-refractivity contribution >= 4 is 21.7 Å². The molecule has 0 atom stereocenters. The number of benzene rings is 1. The summed E-state index contributed by atoms with van der Waals surface area (Å²) in [5.74, 6) is 1.84. The van der Waals surface area contributed by atoms with E-state index in [1.807, 2.05) is 12.1 Å². The van der Waals surface area contributed by atoms with Gasteiger partial charge in [-0.05, 0) is 71.1 Å². The Hall–Kier alpha value is -1.55. The van der Waals surface area contributed by atoms with Crippen LogP contribution >= 0.6 is 15.9 Å². The first-order valence-electron chi connectivity index (χ1n) is 6.59. The van der Waals surface area contributed by atoms with Crippen molar-refractivity contribution < 1.29 is 4.74 Å². The van der Waals surface area contributed by atoms with E-state index >= 15 is 0 Å². The molecule has 3 nitrogen and oxygen atoms in total. The third-order valence-electron chi connectivity index (χ3n) is 3.32. The molecule has 1 aromatic heterocycles. The first-order chi connectivity index (χ1) is 9.60. The minimum absolute atomic E-state index is 0.827. The summed E-state index contributed by atoms with van der Waals surface area (Å²) in [6, 6.07) is 8.24. The highest BCUT2D eigenvalue weighted by Gasteiger charge is 2.06. The number of aromatic nitrogens is 1. The largest absolute Gasteiger partial charge is 0.496 e. The predicted molar refractivity (Wildman–Crippen MR) is 86.6 cm³/mol. The molecular weight excluding hydrogens is 316 g/mol. The summed E-state index contributed by atoms with van der Waals surface area (Å²) in [5.41, 5.74) is 3.77. The molecule has 20 heavy (non-hydrogen) atoms. The van der Waals surface area contributed by atoms with Crippen LogP contribution < -0.4 is 10.1 Å². The van der Waals surface area contributed by atoms with Crippen LogP contribution in [-0.2, 0) is 6.42 Å². The zero-order valence-corrected chi connectivity index (χ0v) is 13.6. The number of nitrogens with one attached hydrogen (secondary N) is 1. The molecule has 0 radical (unpaired) electrons. The molecule has 1 N–H and O–H groups in total. The first kappa shape index (κ1) is 14.9. The molecule has 2 rings (SSSR count). The first-order valence-corrected chi connectivity index (χ1v) is 7.39. The Morgan fingerprint density at radius 1 is 1.20 bits per heavy atom. The summed E-state index contributed by atoms with van der Waals surface area (Å²) in [5, 5.41) is 3.32. The van der Waals surface area contributed by atoms with Crippen LogP contribution in [0.5, 0.6) is 5.75 Å². The highest BCUT2D eigenvalue weighted by molar-refractivity contribution is 9.10. The van der Waals surface area contributed by atoms with Crippen molar-refractivity contribution in [1.82, 2.24) is 4.98 Å².